The lowest BCUT2D eigenvalue weighted by atomic mass is 9.86. The van der Waals surface area contributed by atoms with E-state index in [-0.39, 0.29) is 35.7 Å². The van der Waals surface area contributed by atoms with E-state index in [0.717, 1.165) is 37.9 Å². The molecule has 2 N–H and O–H groups in total. The first-order chi connectivity index (χ1) is 12.9. The highest BCUT2D eigenvalue weighted by atomic mass is 35.5. The van der Waals surface area contributed by atoms with Gasteiger partial charge < -0.3 is 15.2 Å². The van der Waals surface area contributed by atoms with Crippen molar-refractivity contribution in [1.29, 1.82) is 0 Å². The molecule has 6 atom stereocenters. The molecule has 7 nitrogen and oxygen atoms in total. The van der Waals surface area contributed by atoms with Crippen LogP contribution in [0, 0.1) is 5.92 Å². The molecule has 1 aromatic heterocycles. The Hall–Kier alpha value is -1.44. The van der Waals surface area contributed by atoms with E-state index in [9.17, 15) is 4.79 Å². The van der Waals surface area contributed by atoms with Gasteiger partial charge in [-0.25, -0.2) is 14.8 Å². The number of rotatable bonds is 4. The number of amides is 1. The third-order valence-corrected chi connectivity index (χ3v) is 6.78. The fraction of sp³-hybridized carbons (Fsp3) is 0.737. The number of carbonyl (C=O) groups excluding carboxylic acids is 1. The minimum absolute atomic E-state index is 0.0746. The summed E-state index contributed by atoms with van der Waals surface area (Å²) in [7, 11) is 1.41. The Morgan fingerprint density at radius 2 is 2.15 bits per heavy atom. The Labute approximate surface area is 164 Å². The summed E-state index contributed by atoms with van der Waals surface area (Å²) in [6, 6.07) is -0.131. The number of likely N-dealkylation sites (tertiary alicyclic amines) is 1. The molecular weight excluding hydrogens is 368 g/mol. The summed E-state index contributed by atoms with van der Waals surface area (Å²) in [4.78, 5) is 22.7. The fourth-order valence-corrected chi connectivity index (χ4v) is 5.11. The number of nitrogens with two attached hydrogens (primary N) is 1. The lowest BCUT2D eigenvalue weighted by Gasteiger charge is -2.32. The van der Waals surface area contributed by atoms with Crippen molar-refractivity contribution in [2.75, 3.05) is 13.7 Å². The zero-order chi connectivity index (χ0) is 19.2. The van der Waals surface area contributed by atoms with Crippen molar-refractivity contribution >= 4 is 17.7 Å². The van der Waals surface area contributed by atoms with Gasteiger partial charge >= 0.3 is 6.09 Å². The lowest BCUT2D eigenvalue weighted by Crippen LogP contribution is -2.48. The molecule has 27 heavy (non-hydrogen) atoms. The van der Waals surface area contributed by atoms with Crippen molar-refractivity contribution in [3.63, 3.8) is 0 Å². The van der Waals surface area contributed by atoms with Gasteiger partial charge in [-0.05, 0) is 44.9 Å². The predicted octanol–water partition coefficient (Wildman–Crippen LogP) is 2.51. The summed E-state index contributed by atoms with van der Waals surface area (Å²) in [6.07, 6.45) is 8.12. The summed E-state index contributed by atoms with van der Waals surface area (Å²) in [6.45, 7) is 2.46. The minimum Gasteiger partial charge on any atom is -0.453 e. The molecular formula is C19H27ClN4O3. The molecule has 1 aliphatic heterocycles. The van der Waals surface area contributed by atoms with Crippen LogP contribution < -0.4 is 5.73 Å². The van der Waals surface area contributed by atoms with E-state index < -0.39 is 0 Å². The van der Waals surface area contributed by atoms with Crippen molar-refractivity contribution in [3.8, 4) is 0 Å². The van der Waals surface area contributed by atoms with Gasteiger partial charge in [0.1, 0.15) is 5.82 Å². The minimum atomic E-state index is -0.325. The monoisotopic (exact) mass is 394 g/mol. The van der Waals surface area contributed by atoms with E-state index in [1.807, 2.05) is 6.92 Å². The van der Waals surface area contributed by atoms with Crippen LogP contribution in [0.3, 0.4) is 0 Å². The molecule has 1 amide bonds. The van der Waals surface area contributed by atoms with E-state index in [0.29, 0.717) is 17.5 Å². The Balaban J connectivity index is 1.34. The van der Waals surface area contributed by atoms with Crippen molar-refractivity contribution in [2.45, 2.75) is 68.7 Å². The summed E-state index contributed by atoms with van der Waals surface area (Å²) >= 11 is 5.91. The molecule has 8 heteroatoms. The second kappa shape index (κ2) is 7.18. The molecule has 3 fully saturated rings. The number of ether oxygens (including phenoxy) is 2. The first-order valence-electron chi connectivity index (χ1n) is 9.66. The van der Waals surface area contributed by atoms with E-state index in [1.54, 1.807) is 17.3 Å². The van der Waals surface area contributed by atoms with E-state index in [4.69, 9.17) is 26.8 Å². The maximum absolute atomic E-state index is 12.1. The number of halogens is 1. The molecule has 148 valence electrons. The molecule has 2 aliphatic carbocycles. The lowest BCUT2D eigenvalue weighted by molar-refractivity contribution is -0.00958. The third-order valence-electron chi connectivity index (χ3n) is 6.59. The largest absolute Gasteiger partial charge is 0.453 e. The van der Waals surface area contributed by atoms with Crippen molar-refractivity contribution in [1.82, 2.24) is 14.9 Å². The fourth-order valence-electron chi connectivity index (χ4n) is 5.01. The highest BCUT2D eigenvalue weighted by Crippen LogP contribution is 2.61. The normalized spacial score (nSPS) is 37.8. The van der Waals surface area contributed by atoms with Crippen LogP contribution in [0.5, 0.6) is 0 Å². The number of methoxy groups -OCH3 is 1. The number of fused-ring (bicyclic) bond motifs is 1. The molecule has 3 aliphatic rings. The van der Waals surface area contributed by atoms with Gasteiger partial charge in [0.05, 0.1) is 30.9 Å². The molecule has 2 saturated carbocycles. The Morgan fingerprint density at radius 3 is 2.81 bits per heavy atom. The molecule has 4 rings (SSSR count). The maximum atomic E-state index is 12.1. The zero-order valence-corrected chi connectivity index (χ0v) is 16.6. The van der Waals surface area contributed by atoms with Gasteiger partial charge in [0.15, 0.2) is 0 Å². The number of carbonyl (C=O) groups is 1. The first kappa shape index (κ1) is 18.9. The van der Waals surface area contributed by atoms with Crippen molar-refractivity contribution < 1.29 is 14.3 Å². The summed E-state index contributed by atoms with van der Waals surface area (Å²) in [5, 5.41) is 0.571. The molecule has 1 aromatic rings. The molecule has 0 aromatic carbocycles. The van der Waals surface area contributed by atoms with Gasteiger partial charge in [0.25, 0.3) is 0 Å². The average Bonchev–Trinajstić information content (AvgIpc) is 3.32. The highest BCUT2D eigenvalue weighted by Gasteiger charge is 2.60. The molecule has 0 bridgehead atoms. The standard InChI is InChI=1S/C19H27ClN4O3/c1-11-5-15(21)16(24(11)18(25)26-2)10-27-14-3-4-19(7-12(19)6-14)17-22-8-13(20)9-23-17/h8-9,11-12,14-16H,3-7,10,21H2,1-2H3/t11-,12?,14?,15+,16+,19?/m1/s1. The molecule has 1 saturated heterocycles. The summed E-state index contributed by atoms with van der Waals surface area (Å²) < 4.78 is 11.1. The predicted molar refractivity (Wildman–Crippen MR) is 101 cm³/mol. The third kappa shape index (κ3) is 3.41. The van der Waals surface area contributed by atoms with Crippen molar-refractivity contribution in [3.05, 3.63) is 23.2 Å². The maximum Gasteiger partial charge on any atom is 0.410 e. The topological polar surface area (TPSA) is 90.6 Å². The van der Waals surface area contributed by atoms with Crippen LogP contribution >= 0.6 is 11.6 Å². The Morgan fingerprint density at radius 1 is 1.41 bits per heavy atom. The second-order valence-electron chi connectivity index (χ2n) is 8.21. The van der Waals surface area contributed by atoms with Gasteiger partial charge in [-0.2, -0.15) is 0 Å². The number of aromatic nitrogens is 2. The van der Waals surface area contributed by atoms with Crippen LogP contribution in [-0.4, -0.2) is 58.9 Å². The van der Waals surface area contributed by atoms with E-state index in [1.165, 1.54) is 7.11 Å². The number of hydrogen-bond acceptors (Lipinski definition) is 6. The first-order valence-corrected chi connectivity index (χ1v) is 10.0. The van der Waals surface area contributed by atoms with Gasteiger partial charge in [0.2, 0.25) is 0 Å². The van der Waals surface area contributed by atoms with Crippen molar-refractivity contribution in [2.24, 2.45) is 11.7 Å². The Kier molecular flexibility index (Phi) is 5.03. The van der Waals surface area contributed by atoms with Crippen LogP contribution in [0.15, 0.2) is 12.4 Å². The van der Waals surface area contributed by atoms with Crippen LogP contribution in [0.1, 0.15) is 44.9 Å². The van der Waals surface area contributed by atoms with Crippen LogP contribution in [0.4, 0.5) is 4.79 Å². The molecule has 3 unspecified atom stereocenters. The number of nitrogens with zero attached hydrogens (tertiary/aromatic N) is 3. The Bertz CT molecular complexity index is 703. The van der Waals surface area contributed by atoms with Gasteiger partial charge in [0, 0.05) is 29.9 Å². The van der Waals surface area contributed by atoms with E-state index >= 15 is 0 Å². The van der Waals surface area contributed by atoms with E-state index in [2.05, 4.69) is 9.97 Å². The number of hydrogen-bond donors (Lipinski definition) is 1. The SMILES string of the molecule is COC(=O)N1[C@H](C)C[C@H](N)[C@@H]1COC1CCC2(c3ncc(Cl)cn3)CC2C1. The van der Waals surface area contributed by atoms with Gasteiger partial charge in [-0.1, -0.05) is 11.6 Å². The van der Waals surface area contributed by atoms with Crippen LogP contribution in [0.2, 0.25) is 5.02 Å². The molecule has 0 spiro atoms. The van der Waals surface area contributed by atoms with Crippen LogP contribution in [0.25, 0.3) is 0 Å². The summed E-state index contributed by atoms with van der Waals surface area (Å²) in [5.41, 5.74) is 6.37. The molecule has 2 heterocycles. The second-order valence-corrected chi connectivity index (χ2v) is 8.64. The summed E-state index contributed by atoms with van der Waals surface area (Å²) in [5.74, 6) is 1.48. The quantitative estimate of drug-likeness (QED) is 0.843. The van der Waals surface area contributed by atoms with Gasteiger partial charge in [-0.15, -0.1) is 0 Å². The van der Waals surface area contributed by atoms with Gasteiger partial charge in [-0.3, -0.25) is 4.90 Å². The smallest absolute Gasteiger partial charge is 0.410 e. The van der Waals surface area contributed by atoms with Crippen LogP contribution in [-0.2, 0) is 14.9 Å². The molecule has 0 radical (unpaired) electrons. The highest BCUT2D eigenvalue weighted by molar-refractivity contribution is 6.30. The zero-order valence-electron chi connectivity index (χ0n) is 15.8. The average molecular weight is 395 g/mol.